The number of ketones is 1. The van der Waals surface area contributed by atoms with Gasteiger partial charge in [0.25, 0.3) is 5.06 Å². The summed E-state index contributed by atoms with van der Waals surface area (Å²) in [6, 6.07) is 14.4. The topological polar surface area (TPSA) is 150 Å². The second-order valence-electron chi connectivity index (χ2n) is 9.34. The van der Waals surface area contributed by atoms with E-state index in [1.54, 1.807) is 61.0 Å². The number of carboxylic acids is 1. The standard InChI is InChI=1S/C16H21NO6S.C14H17NO5S/c1-4-21-15(19)17-9-10-24-16(17,12(2)18)23-11-22-14-8-6-5-7-13(14)20-3;1-19-10-4-2-3-5-11(10)20-9-13-15(6-7-21-13)12(16)8-14(17)18/h5-8H,4,9-11H2,1-3H3;2-5,13H,6-9H2,1H3,(H,17,18)/t16-;13-/m10/s1. The monoisotopic (exact) mass is 666 g/mol. The summed E-state index contributed by atoms with van der Waals surface area (Å²) in [4.78, 5) is 49.6. The second-order valence-corrected chi connectivity index (χ2v) is 11.9. The molecule has 0 aliphatic carbocycles. The number of aliphatic carboxylic acids is 1. The first kappa shape index (κ1) is 35.7. The first-order valence-corrected chi connectivity index (χ1v) is 16.1. The molecule has 45 heavy (non-hydrogen) atoms. The lowest BCUT2D eigenvalue weighted by Gasteiger charge is -2.33. The average molecular weight is 667 g/mol. The maximum absolute atomic E-state index is 12.2. The van der Waals surface area contributed by atoms with Crippen LogP contribution in [0.4, 0.5) is 4.79 Å². The number of hydrogen-bond acceptors (Lipinski definition) is 12. The van der Waals surface area contributed by atoms with E-state index in [1.807, 2.05) is 18.2 Å². The van der Waals surface area contributed by atoms with Crippen molar-refractivity contribution in [3.05, 3.63) is 48.5 Å². The molecule has 0 bridgehead atoms. The Labute approximate surface area is 270 Å². The van der Waals surface area contributed by atoms with Gasteiger partial charge in [0.05, 0.1) is 20.8 Å². The minimum atomic E-state index is -1.42. The molecule has 2 amide bonds. The molecule has 2 aliphatic heterocycles. The normalized spacial score (nSPS) is 18.8. The quantitative estimate of drug-likeness (QED) is 0.243. The van der Waals surface area contributed by atoms with Crippen molar-refractivity contribution in [3.8, 4) is 23.0 Å². The maximum Gasteiger partial charge on any atom is 0.413 e. The highest BCUT2D eigenvalue weighted by molar-refractivity contribution is 8.01. The summed E-state index contributed by atoms with van der Waals surface area (Å²) in [6.07, 6.45) is -1.05. The number of rotatable bonds is 13. The predicted octanol–water partition coefficient (Wildman–Crippen LogP) is 3.95. The molecule has 2 aliphatic rings. The number of ether oxygens (including phenoxy) is 6. The van der Waals surface area contributed by atoms with Gasteiger partial charge in [-0.1, -0.05) is 36.0 Å². The molecular formula is C30H38N2O11S2. The summed E-state index contributed by atoms with van der Waals surface area (Å²) in [5, 5.41) is 7.12. The largest absolute Gasteiger partial charge is 0.493 e. The number of methoxy groups -OCH3 is 2. The van der Waals surface area contributed by atoms with Crippen LogP contribution in [0.2, 0.25) is 0 Å². The number of hydrogen-bond donors (Lipinski definition) is 1. The van der Waals surface area contributed by atoms with Gasteiger partial charge in [-0.05, 0) is 31.2 Å². The molecular weight excluding hydrogens is 628 g/mol. The van der Waals surface area contributed by atoms with Gasteiger partial charge in [-0.15, -0.1) is 11.8 Å². The molecule has 2 heterocycles. The Bertz CT molecular complexity index is 1310. The minimum Gasteiger partial charge on any atom is -0.493 e. The molecule has 0 unspecified atom stereocenters. The van der Waals surface area contributed by atoms with Gasteiger partial charge in [0.2, 0.25) is 5.91 Å². The van der Waals surface area contributed by atoms with Gasteiger partial charge in [-0.25, -0.2) is 4.79 Å². The van der Waals surface area contributed by atoms with E-state index in [9.17, 15) is 19.2 Å². The minimum absolute atomic E-state index is 0.165. The molecule has 246 valence electrons. The van der Waals surface area contributed by atoms with Gasteiger partial charge in [0, 0.05) is 31.5 Å². The number of amides is 2. The number of para-hydroxylation sites is 4. The van der Waals surface area contributed by atoms with Crippen LogP contribution < -0.4 is 18.9 Å². The number of Topliss-reactive ketones (excluding diaryl/α,β-unsaturated/α-hetero) is 1. The Hall–Kier alpha value is -3.82. The highest BCUT2D eigenvalue weighted by atomic mass is 32.2. The van der Waals surface area contributed by atoms with Crippen molar-refractivity contribution >= 4 is 47.3 Å². The molecule has 2 aromatic rings. The maximum atomic E-state index is 12.2. The van der Waals surface area contributed by atoms with E-state index >= 15 is 0 Å². The number of carboxylic acid groups (broad SMARTS) is 1. The summed E-state index contributed by atoms with van der Waals surface area (Å²) < 4.78 is 32.4. The first-order valence-electron chi connectivity index (χ1n) is 14.0. The molecule has 0 spiro atoms. The van der Waals surface area contributed by atoms with Crippen LogP contribution in [-0.4, -0.2) is 108 Å². The van der Waals surface area contributed by atoms with Crippen LogP contribution in [0.1, 0.15) is 20.3 Å². The molecule has 13 nitrogen and oxygen atoms in total. The van der Waals surface area contributed by atoms with Crippen LogP contribution >= 0.6 is 23.5 Å². The van der Waals surface area contributed by atoms with Crippen molar-refractivity contribution in [3.63, 3.8) is 0 Å². The average Bonchev–Trinajstić information content (AvgIpc) is 3.69. The lowest BCUT2D eigenvalue weighted by Crippen LogP contribution is -2.53. The summed E-state index contributed by atoms with van der Waals surface area (Å²) >= 11 is 2.83. The van der Waals surface area contributed by atoms with Gasteiger partial charge in [-0.2, -0.15) is 0 Å². The van der Waals surface area contributed by atoms with Crippen LogP contribution in [-0.2, 0) is 23.9 Å². The van der Waals surface area contributed by atoms with E-state index in [2.05, 4.69) is 0 Å². The van der Waals surface area contributed by atoms with Gasteiger partial charge in [0.15, 0.2) is 35.6 Å². The zero-order valence-electron chi connectivity index (χ0n) is 25.6. The Morgan fingerprint density at radius 1 is 0.911 bits per heavy atom. The van der Waals surface area contributed by atoms with Gasteiger partial charge in [-0.3, -0.25) is 19.3 Å². The van der Waals surface area contributed by atoms with Crippen LogP contribution in [0.3, 0.4) is 0 Å². The number of carbonyl (C=O) groups excluding carboxylic acids is 3. The van der Waals surface area contributed by atoms with Crippen molar-refractivity contribution in [2.75, 3.05) is 58.8 Å². The third-order valence-corrected chi connectivity index (χ3v) is 9.10. The van der Waals surface area contributed by atoms with E-state index in [0.29, 0.717) is 48.4 Å². The Morgan fingerprint density at radius 2 is 1.51 bits per heavy atom. The first-order chi connectivity index (χ1) is 21.7. The summed E-state index contributed by atoms with van der Waals surface area (Å²) in [5.41, 5.74) is 0. The van der Waals surface area contributed by atoms with Crippen molar-refractivity contribution in [2.45, 2.75) is 30.7 Å². The smallest absolute Gasteiger partial charge is 0.413 e. The molecule has 4 rings (SSSR count). The number of carbonyl (C=O) groups is 4. The number of benzene rings is 2. The summed E-state index contributed by atoms with van der Waals surface area (Å²) in [6.45, 7) is 4.34. The molecule has 2 atom stereocenters. The molecule has 0 radical (unpaired) electrons. The second kappa shape index (κ2) is 17.6. The molecule has 2 fully saturated rings. The zero-order valence-corrected chi connectivity index (χ0v) is 27.2. The van der Waals surface area contributed by atoms with Crippen molar-refractivity contribution in [2.24, 2.45) is 0 Å². The lowest BCUT2D eigenvalue weighted by molar-refractivity contribution is -0.156. The Kier molecular flexibility index (Phi) is 14.0. The SMILES string of the molecule is CCOC(=O)N1CCS[C@]1(OCOc1ccccc1OC)C(C)=O.COc1ccccc1OC[C@@H]1SCCN1C(=O)CC(=O)O. The summed E-state index contributed by atoms with van der Waals surface area (Å²) in [7, 11) is 3.10. The van der Waals surface area contributed by atoms with Crippen LogP contribution in [0.25, 0.3) is 0 Å². The number of thioether (sulfide) groups is 2. The fourth-order valence-electron chi connectivity index (χ4n) is 4.41. The van der Waals surface area contributed by atoms with Gasteiger partial charge in [0.1, 0.15) is 18.4 Å². The van der Waals surface area contributed by atoms with E-state index in [0.717, 1.165) is 5.75 Å². The highest BCUT2D eigenvalue weighted by Gasteiger charge is 2.51. The molecule has 1 N–H and O–H groups in total. The van der Waals surface area contributed by atoms with Crippen LogP contribution in [0.5, 0.6) is 23.0 Å². The Morgan fingerprint density at radius 3 is 2.07 bits per heavy atom. The molecule has 2 saturated heterocycles. The van der Waals surface area contributed by atoms with Gasteiger partial charge < -0.3 is 38.4 Å². The highest BCUT2D eigenvalue weighted by Crippen LogP contribution is 2.39. The van der Waals surface area contributed by atoms with E-state index in [4.69, 9.17) is 33.5 Å². The van der Waals surface area contributed by atoms with E-state index < -0.39 is 23.5 Å². The number of nitrogens with zero attached hydrogens (tertiary/aromatic N) is 2. The van der Waals surface area contributed by atoms with Crippen molar-refractivity contribution in [1.82, 2.24) is 9.80 Å². The fourth-order valence-corrected chi connectivity index (χ4v) is 6.76. The molecule has 2 aromatic carbocycles. The van der Waals surface area contributed by atoms with Crippen LogP contribution in [0.15, 0.2) is 48.5 Å². The molecule has 15 heteroatoms. The van der Waals surface area contributed by atoms with Gasteiger partial charge >= 0.3 is 12.1 Å². The predicted molar refractivity (Wildman–Crippen MR) is 168 cm³/mol. The van der Waals surface area contributed by atoms with Crippen molar-refractivity contribution < 1.29 is 52.7 Å². The third kappa shape index (κ3) is 9.58. The van der Waals surface area contributed by atoms with E-state index in [1.165, 1.54) is 30.7 Å². The fraction of sp³-hybridized carbons (Fsp3) is 0.467. The third-order valence-electron chi connectivity index (χ3n) is 6.50. The molecule has 0 saturated carbocycles. The Balaban J connectivity index is 0.000000248. The van der Waals surface area contributed by atoms with Crippen LogP contribution in [0, 0.1) is 0 Å². The summed E-state index contributed by atoms with van der Waals surface area (Å²) in [5.74, 6) is 1.87. The zero-order chi connectivity index (χ0) is 32.8. The molecule has 0 aromatic heterocycles. The van der Waals surface area contributed by atoms with Crippen molar-refractivity contribution in [1.29, 1.82) is 0 Å². The lowest BCUT2D eigenvalue weighted by atomic mass is 10.3. The van der Waals surface area contributed by atoms with E-state index in [-0.39, 0.29) is 30.5 Å².